The molecule has 2 aliphatic carbocycles. The van der Waals surface area contributed by atoms with E-state index in [1.54, 1.807) is 12.5 Å². The average molecular weight is 440 g/mol. The van der Waals surface area contributed by atoms with Crippen LogP contribution >= 0.6 is 0 Å². The Kier molecular flexibility index (Phi) is 3.41. The van der Waals surface area contributed by atoms with E-state index in [4.69, 9.17) is 23.4 Å². The summed E-state index contributed by atoms with van der Waals surface area (Å²) in [7, 11) is 0. The second-order valence-corrected chi connectivity index (χ2v) is 11.2. The van der Waals surface area contributed by atoms with Crippen LogP contribution in [0.3, 0.4) is 0 Å². The summed E-state index contributed by atoms with van der Waals surface area (Å²) in [4.78, 5) is 11.8. The number of fused-ring (bicyclic) bond motifs is 1. The van der Waals surface area contributed by atoms with Gasteiger partial charge in [0.05, 0.1) is 35.8 Å². The molecule has 2 saturated heterocycles. The second-order valence-electron chi connectivity index (χ2n) is 11.2. The minimum atomic E-state index is -0.888. The Morgan fingerprint density at radius 3 is 2.78 bits per heavy atom. The molecule has 1 aromatic rings. The van der Waals surface area contributed by atoms with E-state index in [2.05, 4.69) is 6.08 Å². The number of esters is 1. The number of cyclic esters (lactones) is 1. The van der Waals surface area contributed by atoms with E-state index in [9.17, 15) is 9.90 Å². The van der Waals surface area contributed by atoms with Crippen molar-refractivity contribution in [2.75, 3.05) is 0 Å². The predicted molar refractivity (Wildman–Crippen MR) is 110 cm³/mol. The number of aliphatic hydroxyl groups excluding tert-OH is 1. The average Bonchev–Trinajstić information content (AvgIpc) is 3.24. The lowest BCUT2D eigenvalue weighted by molar-refractivity contribution is -0.223. The summed E-state index contributed by atoms with van der Waals surface area (Å²) in [6.45, 7) is 6.00. The molecule has 7 heteroatoms. The minimum absolute atomic E-state index is 0.0698. The summed E-state index contributed by atoms with van der Waals surface area (Å²) in [5.74, 6) is -1.28. The molecule has 170 valence electrons. The fraction of sp³-hybridized carbons (Fsp3) is 0.640. The first kappa shape index (κ1) is 19.5. The number of carbonyl (C=O) groups is 1. The molecule has 5 heterocycles. The number of aliphatic hydroxyl groups is 1. The third kappa shape index (κ3) is 2.14. The standard InChI is InChI=1S/C25H28O7/c1-21(2)17(22(3)7-5-18(26)31-22)11-24(32-21)10-15-16(30-24)4-8-23-13-25(15,23)20(27)29-19(23)14-6-9-28-12-14/h5-7,9-10,12,16-17,19-20,27H,4,8,11,13H2,1-3H3. The number of hydrogen-bond acceptors (Lipinski definition) is 7. The summed E-state index contributed by atoms with van der Waals surface area (Å²) in [6, 6.07) is 1.93. The molecule has 0 amide bonds. The number of furan rings is 1. The van der Waals surface area contributed by atoms with Crippen molar-refractivity contribution in [2.45, 2.75) is 81.9 Å². The summed E-state index contributed by atoms with van der Waals surface area (Å²) in [6.07, 6.45) is 10.9. The van der Waals surface area contributed by atoms with E-state index < -0.39 is 28.7 Å². The van der Waals surface area contributed by atoms with Gasteiger partial charge in [0.1, 0.15) is 5.60 Å². The van der Waals surface area contributed by atoms with Gasteiger partial charge in [-0.05, 0) is 63.8 Å². The molecule has 1 spiro atoms. The van der Waals surface area contributed by atoms with Crippen molar-refractivity contribution < 1.29 is 33.3 Å². The Hall–Kier alpha value is -1.93. The van der Waals surface area contributed by atoms with Crippen LogP contribution in [0.2, 0.25) is 0 Å². The number of ether oxygens (including phenoxy) is 4. The van der Waals surface area contributed by atoms with Crippen LogP contribution in [0.15, 0.2) is 46.8 Å². The molecular weight excluding hydrogens is 412 g/mol. The van der Waals surface area contributed by atoms with Crippen molar-refractivity contribution in [3.05, 3.63) is 48.0 Å². The molecular formula is C25H28O7. The molecule has 6 aliphatic rings. The number of carbonyl (C=O) groups excluding carboxylic acids is 1. The van der Waals surface area contributed by atoms with Crippen molar-refractivity contribution in [1.82, 2.24) is 0 Å². The van der Waals surface area contributed by atoms with Crippen molar-refractivity contribution in [3.8, 4) is 0 Å². The maximum atomic E-state index is 11.8. The van der Waals surface area contributed by atoms with Gasteiger partial charge < -0.3 is 28.5 Å². The van der Waals surface area contributed by atoms with E-state index >= 15 is 0 Å². The van der Waals surface area contributed by atoms with Crippen LogP contribution in [0.4, 0.5) is 0 Å². The zero-order valence-electron chi connectivity index (χ0n) is 18.5. The van der Waals surface area contributed by atoms with E-state index in [0.29, 0.717) is 6.42 Å². The zero-order valence-corrected chi connectivity index (χ0v) is 18.5. The van der Waals surface area contributed by atoms with Gasteiger partial charge in [-0.15, -0.1) is 0 Å². The highest BCUT2D eigenvalue weighted by atomic mass is 16.7. The summed E-state index contributed by atoms with van der Waals surface area (Å²) in [5.41, 5.74) is 0.244. The van der Waals surface area contributed by atoms with Crippen molar-refractivity contribution in [1.29, 1.82) is 0 Å². The molecule has 4 fully saturated rings. The van der Waals surface area contributed by atoms with Crippen LogP contribution in [-0.2, 0) is 23.7 Å². The van der Waals surface area contributed by atoms with Gasteiger partial charge in [-0.25, -0.2) is 4.79 Å². The Morgan fingerprint density at radius 1 is 1.22 bits per heavy atom. The van der Waals surface area contributed by atoms with Gasteiger partial charge in [-0.1, -0.05) is 0 Å². The second kappa shape index (κ2) is 5.58. The molecule has 2 saturated carbocycles. The molecule has 1 aromatic heterocycles. The largest absolute Gasteiger partial charge is 0.472 e. The SMILES string of the molecule is CC1(C)OC2(C=C3C(CCC45CC34C(O)OC5c3ccoc3)O2)CC1C1(C)C=CC(=O)O1. The lowest BCUT2D eigenvalue weighted by atomic mass is 9.72. The van der Waals surface area contributed by atoms with Crippen LogP contribution in [0.5, 0.6) is 0 Å². The summed E-state index contributed by atoms with van der Waals surface area (Å²) in [5, 5.41) is 11.1. The molecule has 32 heavy (non-hydrogen) atoms. The highest BCUT2D eigenvalue weighted by molar-refractivity contribution is 5.85. The molecule has 0 bridgehead atoms. The van der Waals surface area contributed by atoms with E-state index in [1.807, 2.05) is 32.9 Å². The lowest BCUT2D eigenvalue weighted by Gasteiger charge is -2.36. The lowest BCUT2D eigenvalue weighted by Crippen LogP contribution is -2.44. The molecule has 4 aliphatic heterocycles. The molecule has 8 unspecified atom stereocenters. The topological polar surface area (TPSA) is 87.4 Å². The Bertz CT molecular complexity index is 1070. The highest BCUT2D eigenvalue weighted by Crippen LogP contribution is 2.84. The van der Waals surface area contributed by atoms with Gasteiger partial charge >= 0.3 is 5.97 Å². The smallest absolute Gasteiger partial charge is 0.331 e. The third-order valence-electron chi connectivity index (χ3n) is 9.15. The molecule has 0 aromatic carbocycles. The maximum Gasteiger partial charge on any atom is 0.331 e. The number of rotatable bonds is 2. The van der Waals surface area contributed by atoms with Crippen molar-refractivity contribution >= 4 is 5.97 Å². The van der Waals surface area contributed by atoms with Crippen LogP contribution in [0.1, 0.15) is 58.1 Å². The van der Waals surface area contributed by atoms with E-state index in [-0.39, 0.29) is 29.5 Å². The molecule has 8 atom stereocenters. The fourth-order valence-electron chi connectivity index (χ4n) is 7.82. The maximum absolute atomic E-state index is 11.8. The van der Waals surface area contributed by atoms with Gasteiger partial charge in [0.25, 0.3) is 0 Å². The van der Waals surface area contributed by atoms with Gasteiger partial charge in [-0.3, -0.25) is 0 Å². The predicted octanol–water partition coefficient (Wildman–Crippen LogP) is 3.55. The molecule has 0 radical (unpaired) electrons. The van der Waals surface area contributed by atoms with E-state index in [1.165, 1.54) is 6.08 Å². The Labute approximate surface area is 186 Å². The van der Waals surface area contributed by atoms with Crippen molar-refractivity contribution in [2.24, 2.45) is 16.7 Å². The number of hydrogen-bond donors (Lipinski definition) is 1. The van der Waals surface area contributed by atoms with Gasteiger partial charge in [0, 0.05) is 29.4 Å². The van der Waals surface area contributed by atoms with Gasteiger partial charge in [0.2, 0.25) is 0 Å². The van der Waals surface area contributed by atoms with Crippen LogP contribution in [-0.4, -0.2) is 40.5 Å². The Balaban J connectivity index is 1.25. The first-order valence-electron chi connectivity index (χ1n) is 11.5. The van der Waals surface area contributed by atoms with Crippen LogP contribution < -0.4 is 0 Å². The van der Waals surface area contributed by atoms with Crippen molar-refractivity contribution in [3.63, 3.8) is 0 Å². The van der Waals surface area contributed by atoms with Crippen LogP contribution in [0.25, 0.3) is 0 Å². The highest BCUT2D eigenvalue weighted by Gasteiger charge is 2.84. The zero-order chi connectivity index (χ0) is 22.1. The fourth-order valence-corrected chi connectivity index (χ4v) is 7.82. The van der Waals surface area contributed by atoms with Crippen LogP contribution in [0, 0.1) is 16.7 Å². The minimum Gasteiger partial charge on any atom is -0.472 e. The summed E-state index contributed by atoms with van der Waals surface area (Å²) < 4.78 is 30.3. The normalized spacial score (nSPS) is 52.0. The monoisotopic (exact) mass is 440 g/mol. The summed E-state index contributed by atoms with van der Waals surface area (Å²) >= 11 is 0. The third-order valence-corrected chi connectivity index (χ3v) is 9.15. The quantitative estimate of drug-likeness (QED) is 0.556. The molecule has 7 nitrogen and oxygen atoms in total. The Morgan fingerprint density at radius 2 is 2.06 bits per heavy atom. The van der Waals surface area contributed by atoms with Gasteiger partial charge in [0.15, 0.2) is 12.1 Å². The molecule has 1 N–H and O–H groups in total. The molecule has 7 rings (SSSR count). The first-order valence-corrected chi connectivity index (χ1v) is 11.5. The van der Waals surface area contributed by atoms with E-state index in [0.717, 1.165) is 30.4 Å². The first-order chi connectivity index (χ1) is 15.1. The van der Waals surface area contributed by atoms with Gasteiger partial charge in [-0.2, -0.15) is 0 Å².